The second-order valence-electron chi connectivity index (χ2n) is 5.16. The van der Waals surface area contributed by atoms with Crippen molar-refractivity contribution in [1.29, 1.82) is 0 Å². The van der Waals surface area contributed by atoms with Gasteiger partial charge in [-0.3, -0.25) is 0 Å². The monoisotopic (exact) mass is 228 g/mol. The average Bonchev–Trinajstić information content (AvgIpc) is 2.12. The summed E-state index contributed by atoms with van der Waals surface area (Å²) in [4.78, 5) is 0. The molecule has 0 N–H and O–H groups in total. The summed E-state index contributed by atoms with van der Waals surface area (Å²) in [7, 11) is 0. The molecule has 0 aliphatic heterocycles. The van der Waals surface area contributed by atoms with Crippen molar-refractivity contribution in [3.05, 3.63) is 0 Å². The Morgan fingerprint density at radius 2 is 1.29 bits per heavy atom. The minimum atomic E-state index is -0.649. The molecule has 1 nitrogen and oxygen atoms in total. The third-order valence-corrected chi connectivity index (χ3v) is 3.28. The minimum Gasteiger partial charge on any atom is -1.00 e. The van der Waals surface area contributed by atoms with Crippen LogP contribution in [0.5, 0.6) is 0 Å². The summed E-state index contributed by atoms with van der Waals surface area (Å²) in [5, 5.41) is 12.4. The molecule has 1 aliphatic carbocycles. The van der Waals surface area contributed by atoms with E-state index in [0.29, 0.717) is 0 Å². The Hall–Kier alpha value is 1.02. The molecular weight excluding hydrogens is 208 g/mol. The standard InChI is InChI=1S/C11H21O.ClH.Mg/c1-10(2,3)11(12)8-6-4-5-7-9-11;;/h4-9H2,1-3H3;1H;/q-1;;+2/p-1. The largest absolute Gasteiger partial charge is 2.00 e. The van der Waals surface area contributed by atoms with E-state index in [1.807, 2.05) is 0 Å². The predicted octanol–water partition coefficient (Wildman–Crippen LogP) is -0.891. The first-order valence-electron chi connectivity index (χ1n) is 5.16. The van der Waals surface area contributed by atoms with Gasteiger partial charge in [-0.05, 0) is 5.41 Å². The van der Waals surface area contributed by atoms with Crippen LogP contribution >= 0.6 is 0 Å². The quantitative estimate of drug-likeness (QED) is 0.390. The molecule has 1 aliphatic rings. The van der Waals surface area contributed by atoms with Crippen LogP contribution in [0.1, 0.15) is 59.3 Å². The van der Waals surface area contributed by atoms with E-state index in [0.717, 1.165) is 25.7 Å². The van der Waals surface area contributed by atoms with Crippen LogP contribution in [-0.2, 0) is 0 Å². The predicted molar refractivity (Wildman–Crippen MR) is 55.6 cm³/mol. The summed E-state index contributed by atoms with van der Waals surface area (Å²) in [6.45, 7) is 6.27. The molecule has 0 aromatic rings. The van der Waals surface area contributed by atoms with Gasteiger partial charge in [-0.25, -0.2) is 0 Å². The topological polar surface area (TPSA) is 23.1 Å². The van der Waals surface area contributed by atoms with Gasteiger partial charge in [0.1, 0.15) is 0 Å². The molecule has 14 heavy (non-hydrogen) atoms. The Balaban J connectivity index is 0. The second kappa shape index (κ2) is 6.57. The van der Waals surface area contributed by atoms with Crippen LogP contribution in [0.25, 0.3) is 0 Å². The number of halogens is 1. The Morgan fingerprint density at radius 3 is 1.57 bits per heavy atom. The van der Waals surface area contributed by atoms with E-state index in [1.165, 1.54) is 12.8 Å². The molecule has 80 valence electrons. The van der Waals surface area contributed by atoms with Crippen molar-refractivity contribution >= 4 is 23.1 Å². The Morgan fingerprint density at radius 1 is 0.929 bits per heavy atom. The summed E-state index contributed by atoms with van der Waals surface area (Å²) >= 11 is 0. The maximum Gasteiger partial charge on any atom is 2.00 e. The number of hydrogen-bond donors (Lipinski definition) is 0. The summed E-state index contributed by atoms with van der Waals surface area (Å²) in [5.41, 5.74) is -0.707. The van der Waals surface area contributed by atoms with Crippen LogP contribution in [0.15, 0.2) is 0 Å². The van der Waals surface area contributed by atoms with Crippen molar-refractivity contribution in [3.63, 3.8) is 0 Å². The van der Waals surface area contributed by atoms with Crippen molar-refractivity contribution in [2.75, 3.05) is 0 Å². The summed E-state index contributed by atoms with van der Waals surface area (Å²) in [5.74, 6) is 0. The van der Waals surface area contributed by atoms with Gasteiger partial charge in [-0.2, -0.15) is 0 Å². The van der Waals surface area contributed by atoms with Gasteiger partial charge in [0.05, 0.1) is 0 Å². The van der Waals surface area contributed by atoms with Crippen molar-refractivity contribution < 1.29 is 17.5 Å². The molecule has 0 radical (unpaired) electrons. The SMILES string of the molecule is CC(C)(C)C1([O-])CCCCCC1.[Cl-].[Mg+2]. The van der Waals surface area contributed by atoms with Crippen LogP contribution in [0.3, 0.4) is 0 Å². The van der Waals surface area contributed by atoms with Gasteiger partial charge < -0.3 is 17.5 Å². The zero-order valence-electron chi connectivity index (χ0n) is 9.74. The van der Waals surface area contributed by atoms with Crippen molar-refractivity contribution in [2.24, 2.45) is 5.41 Å². The first-order chi connectivity index (χ1) is 5.46. The molecule has 0 aromatic heterocycles. The molecular formula is C11H21ClMgO. The Labute approximate surface area is 111 Å². The van der Waals surface area contributed by atoms with E-state index in [4.69, 9.17) is 0 Å². The molecule has 0 heterocycles. The van der Waals surface area contributed by atoms with Gasteiger partial charge in [0.2, 0.25) is 0 Å². The van der Waals surface area contributed by atoms with Gasteiger partial charge in [-0.1, -0.05) is 59.3 Å². The normalized spacial score (nSPS) is 21.4. The molecule has 0 amide bonds. The fourth-order valence-electron chi connectivity index (χ4n) is 2.05. The molecule has 0 bridgehead atoms. The summed E-state index contributed by atoms with van der Waals surface area (Å²) in [6, 6.07) is 0. The molecule has 0 saturated heterocycles. The maximum absolute atomic E-state index is 12.4. The second-order valence-corrected chi connectivity index (χ2v) is 5.16. The molecule has 0 aromatic carbocycles. The van der Waals surface area contributed by atoms with Crippen molar-refractivity contribution in [2.45, 2.75) is 64.9 Å². The van der Waals surface area contributed by atoms with Crippen LogP contribution < -0.4 is 17.5 Å². The van der Waals surface area contributed by atoms with Gasteiger partial charge in [0, 0.05) is 0 Å². The number of rotatable bonds is 0. The molecule has 1 fully saturated rings. The Bertz CT molecular complexity index is 146. The van der Waals surface area contributed by atoms with Gasteiger partial charge >= 0.3 is 23.1 Å². The minimum absolute atomic E-state index is 0. The third-order valence-electron chi connectivity index (χ3n) is 3.28. The molecule has 3 heteroatoms. The molecule has 0 spiro atoms. The van der Waals surface area contributed by atoms with Crippen LogP contribution in [0.2, 0.25) is 0 Å². The van der Waals surface area contributed by atoms with Gasteiger partial charge in [0.15, 0.2) is 0 Å². The third kappa shape index (κ3) is 4.26. The van der Waals surface area contributed by atoms with E-state index in [1.54, 1.807) is 0 Å². The van der Waals surface area contributed by atoms with Crippen LogP contribution in [0.4, 0.5) is 0 Å². The summed E-state index contributed by atoms with van der Waals surface area (Å²) in [6.07, 6.45) is 6.58. The maximum atomic E-state index is 12.4. The zero-order valence-corrected chi connectivity index (χ0v) is 11.9. The van der Waals surface area contributed by atoms with Crippen LogP contribution in [-0.4, -0.2) is 28.7 Å². The van der Waals surface area contributed by atoms with Crippen LogP contribution in [0, 0.1) is 5.41 Å². The van der Waals surface area contributed by atoms with Crippen molar-refractivity contribution in [3.8, 4) is 0 Å². The van der Waals surface area contributed by atoms with Gasteiger partial charge in [-0.15, -0.1) is 5.60 Å². The van der Waals surface area contributed by atoms with E-state index in [2.05, 4.69) is 20.8 Å². The first-order valence-corrected chi connectivity index (χ1v) is 5.16. The number of hydrogen-bond acceptors (Lipinski definition) is 1. The first kappa shape index (κ1) is 17.4. The molecule has 0 unspecified atom stereocenters. The molecule has 1 saturated carbocycles. The smallest absolute Gasteiger partial charge is 1.00 e. The fourth-order valence-corrected chi connectivity index (χ4v) is 2.05. The van der Waals surface area contributed by atoms with E-state index >= 15 is 0 Å². The van der Waals surface area contributed by atoms with Gasteiger partial charge in [0.25, 0.3) is 0 Å². The van der Waals surface area contributed by atoms with E-state index < -0.39 is 5.60 Å². The Kier molecular flexibility index (Phi) is 8.17. The fraction of sp³-hybridized carbons (Fsp3) is 1.00. The van der Waals surface area contributed by atoms with E-state index in [9.17, 15) is 5.11 Å². The molecule has 0 atom stereocenters. The summed E-state index contributed by atoms with van der Waals surface area (Å²) < 4.78 is 0. The van der Waals surface area contributed by atoms with Crippen molar-refractivity contribution in [1.82, 2.24) is 0 Å². The zero-order chi connectivity index (χ0) is 9.24. The average molecular weight is 229 g/mol. The van der Waals surface area contributed by atoms with E-state index in [-0.39, 0.29) is 40.9 Å². The molecule has 1 rings (SSSR count).